The predicted octanol–water partition coefficient (Wildman–Crippen LogP) is 2.10. The van der Waals surface area contributed by atoms with Crippen molar-refractivity contribution in [2.75, 3.05) is 20.6 Å². The topological polar surface area (TPSA) is 58.4 Å². The van der Waals surface area contributed by atoms with Crippen LogP contribution in [0.2, 0.25) is 0 Å². The van der Waals surface area contributed by atoms with Gasteiger partial charge in [0.25, 0.3) is 0 Å². The Hall–Kier alpha value is -0.810. The molecule has 1 aromatic carbocycles. The van der Waals surface area contributed by atoms with Gasteiger partial charge in [-0.25, -0.2) is 0 Å². The molecule has 128 valence electrons. The van der Waals surface area contributed by atoms with Gasteiger partial charge in [-0.1, -0.05) is 37.3 Å². The van der Waals surface area contributed by atoms with E-state index in [1.54, 1.807) is 0 Å². The highest BCUT2D eigenvalue weighted by atomic mass is 35.5. The van der Waals surface area contributed by atoms with Crippen molar-refractivity contribution in [3.05, 3.63) is 35.9 Å². The van der Waals surface area contributed by atoms with E-state index >= 15 is 0 Å². The lowest BCUT2D eigenvalue weighted by atomic mass is 10.0. The van der Waals surface area contributed by atoms with Gasteiger partial charge in [0, 0.05) is 24.5 Å². The Morgan fingerprint density at radius 3 is 2.18 bits per heavy atom. The summed E-state index contributed by atoms with van der Waals surface area (Å²) in [7, 11) is 4.03. The van der Waals surface area contributed by atoms with Crippen LogP contribution in [0.15, 0.2) is 30.3 Å². The fraction of sp³-hybridized carbons (Fsp3) is 0.562. The lowest BCUT2D eigenvalue weighted by molar-refractivity contribution is -0.125. The standard InChI is InChI=1S/C16H27N3O.2ClH/c1-12(13(2)17)16(20)18-15(11-19(3)4)10-14-8-6-5-7-9-14;;/h5-9,12-13,15H,10-11,17H2,1-4H3,(H,18,20);2*1H. The van der Waals surface area contributed by atoms with Gasteiger partial charge >= 0.3 is 0 Å². The van der Waals surface area contributed by atoms with Crippen molar-refractivity contribution in [3.63, 3.8) is 0 Å². The average molecular weight is 350 g/mol. The van der Waals surface area contributed by atoms with Crippen molar-refractivity contribution in [1.82, 2.24) is 10.2 Å². The first kappa shape index (κ1) is 23.5. The third kappa shape index (κ3) is 8.59. The summed E-state index contributed by atoms with van der Waals surface area (Å²) in [6.07, 6.45) is 0.830. The minimum Gasteiger partial charge on any atom is -0.351 e. The molecule has 0 aromatic heterocycles. The fourth-order valence-electron chi connectivity index (χ4n) is 2.07. The number of likely N-dealkylation sites (N-methyl/N-ethyl adjacent to an activating group) is 1. The zero-order valence-corrected chi connectivity index (χ0v) is 15.4. The molecule has 0 spiro atoms. The number of hydrogen-bond donors (Lipinski definition) is 2. The minimum absolute atomic E-state index is 0. The van der Waals surface area contributed by atoms with Crippen LogP contribution in [-0.4, -0.2) is 43.5 Å². The number of nitrogens with one attached hydrogen (secondary N) is 1. The molecule has 0 aliphatic carbocycles. The summed E-state index contributed by atoms with van der Waals surface area (Å²) >= 11 is 0. The van der Waals surface area contributed by atoms with E-state index in [2.05, 4.69) is 22.3 Å². The second-order valence-corrected chi connectivity index (χ2v) is 5.81. The second kappa shape index (κ2) is 11.7. The highest BCUT2D eigenvalue weighted by Crippen LogP contribution is 2.06. The summed E-state index contributed by atoms with van der Waals surface area (Å²) in [5, 5.41) is 3.12. The van der Waals surface area contributed by atoms with E-state index in [-0.39, 0.29) is 48.7 Å². The van der Waals surface area contributed by atoms with Gasteiger partial charge in [0.05, 0.1) is 0 Å². The van der Waals surface area contributed by atoms with Gasteiger partial charge in [-0.3, -0.25) is 4.79 Å². The smallest absolute Gasteiger partial charge is 0.224 e. The summed E-state index contributed by atoms with van der Waals surface area (Å²) < 4.78 is 0. The molecule has 3 N–H and O–H groups in total. The number of halogens is 2. The maximum absolute atomic E-state index is 12.2. The van der Waals surface area contributed by atoms with Crippen LogP contribution in [-0.2, 0) is 11.2 Å². The molecule has 0 aliphatic heterocycles. The largest absolute Gasteiger partial charge is 0.351 e. The molecule has 1 aromatic rings. The monoisotopic (exact) mass is 349 g/mol. The minimum atomic E-state index is -0.171. The summed E-state index contributed by atoms with van der Waals surface area (Å²) in [6, 6.07) is 10.2. The molecular formula is C16H29Cl2N3O. The van der Waals surface area contributed by atoms with Crippen LogP contribution < -0.4 is 11.1 Å². The molecule has 22 heavy (non-hydrogen) atoms. The lowest BCUT2D eigenvalue weighted by Gasteiger charge is -2.25. The normalized spacial score (nSPS) is 14.3. The van der Waals surface area contributed by atoms with Crippen molar-refractivity contribution in [2.45, 2.75) is 32.4 Å². The molecule has 0 aliphatic rings. The molecule has 0 saturated carbocycles. The first-order valence-corrected chi connectivity index (χ1v) is 7.14. The number of nitrogens with zero attached hydrogens (tertiary/aromatic N) is 1. The fourth-order valence-corrected chi connectivity index (χ4v) is 2.07. The molecule has 0 bridgehead atoms. The molecular weight excluding hydrogens is 321 g/mol. The number of nitrogens with two attached hydrogens (primary N) is 1. The summed E-state index contributed by atoms with van der Waals surface area (Å²) in [6.45, 7) is 4.55. The van der Waals surface area contributed by atoms with Crippen molar-refractivity contribution in [2.24, 2.45) is 11.7 Å². The molecule has 0 radical (unpaired) electrons. The summed E-state index contributed by atoms with van der Waals surface area (Å²) in [5.41, 5.74) is 7.02. The first-order valence-electron chi connectivity index (χ1n) is 7.14. The van der Waals surface area contributed by atoms with E-state index < -0.39 is 0 Å². The Labute approximate surface area is 146 Å². The molecule has 3 atom stereocenters. The van der Waals surface area contributed by atoms with Crippen LogP contribution in [0.3, 0.4) is 0 Å². The highest BCUT2D eigenvalue weighted by Gasteiger charge is 2.21. The molecule has 0 heterocycles. The van der Waals surface area contributed by atoms with E-state index in [0.717, 1.165) is 13.0 Å². The van der Waals surface area contributed by atoms with Crippen LogP contribution in [0, 0.1) is 5.92 Å². The highest BCUT2D eigenvalue weighted by molar-refractivity contribution is 5.85. The van der Waals surface area contributed by atoms with Gasteiger partial charge in [-0.2, -0.15) is 0 Å². The Balaban J connectivity index is 0. The average Bonchev–Trinajstić information content (AvgIpc) is 2.37. The van der Waals surface area contributed by atoms with Crippen molar-refractivity contribution < 1.29 is 4.79 Å². The Morgan fingerprint density at radius 1 is 1.18 bits per heavy atom. The van der Waals surface area contributed by atoms with E-state index in [9.17, 15) is 4.79 Å². The van der Waals surface area contributed by atoms with Crippen LogP contribution >= 0.6 is 24.8 Å². The maximum Gasteiger partial charge on any atom is 0.224 e. The SMILES string of the molecule is CC(N)C(C)C(=O)NC(Cc1ccccc1)CN(C)C.Cl.Cl. The van der Waals surface area contributed by atoms with Gasteiger partial charge in [0.1, 0.15) is 0 Å². The number of rotatable bonds is 7. The predicted molar refractivity (Wildman–Crippen MR) is 97.9 cm³/mol. The van der Waals surface area contributed by atoms with E-state index in [4.69, 9.17) is 5.73 Å². The quantitative estimate of drug-likeness (QED) is 0.792. The number of benzene rings is 1. The zero-order chi connectivity index (χ0) is 15.1. The van der Waals surface area contributed by atoms with E-state index in [1.807, 2.05) is 46.1 Å². The van der Waals surface area contributed by atoms with Crippen molar-refractivity contribution in [1.29, 1.82) is 0 Å². The van der Waals surface area contributed by atoms with Crippen LogP contribution in [0.4, 0.5) is 0 Å². The van der Waals surface area contributed by atoms with E-state index in [0.29, 0.717) is 0 Å². The van der Waals surface area contributed by atoms with Crippen molar-refractivity contribution >= 4 is 30.7 Å². The Morgan fingerprint density at radius 2 is 1.73 bits per heavy atom. The second-order valence-electron chi connectivity index (χ2n) is 5.81. The number of carbonyl (C=O) groups excluding carboxylic acids is 1. The third-order valence-corrected chi connectivity index (χ3v) is 3.46. The first-order chi connectivity index (χ1) is 9.40. The molecule has 0 saturated heterocycles. The molecule has 1 amide bonds. The zero-order valence-electron chi connectivity index (χ0n) is 13.8. The van der Waals surface area contributed by atoms with Gasteiger partial charge < -0.3 is 16.0 Å². The lowest BCUT2D eigenvalue weighted by Crippen LogP contribution is -2.47. The number of amides is 1. The van der Waals surface area contributed by atoms with Gasteiger partial charge in [-0.15, -0.1) is 24.8 Å². The summed E-state index contributed by atoms with van der Waals surface area (Å²) in [5.74, 6) is -0.141. The third-order valence-electron chi connectivity index (χ3n) is 3.46. The van der Waals surface area contributed by atoms with E-state index in [1.165, 1.54) is 5.56 Å². The van der Waals surface area contributed by atoms with Gasteiger partial charge in [0.2, 0.25) is 5.91 Å². The molecule has 0 fully saturated rings. The van der Waals surface area contributed by atoms with Crippen LogP contribution in [0.25, 0.3) is 0 Å². The van der Waals surface area contributed by atoms with Gasteiger partial charge in [0.15, 0.2) is 0 Å². The Kier molecular flexibility index (Phi) is 12.5. The van der Waals surface area contributed by atoms with Crippen LogP contribution in [0.1, 0.15) is 19.4 Å². The molecule has 1 rings (SSSR count). The Bertz CT molecular complexity index is 413. The van der Waals surface area contributed by atoms with Gasteiger partial charge in [-0.05, 0) is 33.0 Å². The summed E-state index contributed by atoms with van der Waals surface area (Å²) in [4.78, 5) is 14.2. The molecule has 4 nitrogen and oxygen atoms in total. The maximum atomic E-state index is 12.2. The van der Waals surface area contributed by atoms with Crippen LogP contribution in [0.5, 0.6) is 0 Å². The van der Waals surface area contributed by atoms with Crippen molar-refractivity contribution in [3.8, 4) is 0 Å². The molecule has 6 heteroatoms. The number of carbonyl (C=O) groups is 1. The molecule has 3 unspecified atom stereocenters. The number of hydrogen-bond acceptors (Lipinski definition) is 3.